The Morgan fingerprint density at radius 3 is 2.55 bits per heavy atom. The van der Waals surface area contributed by atoms with Crippen molar-refractivity contribution in [3.8, 4) is 0 Å². The first-order valence-corrected chi connectivity index (χ1v) is 8.14. The fourth-order valence-corrected chi connectivity index (χ4v) is 2.68. The molecule has 8 nitrogen and oxygen atoms in total. The third-order valence-electron chi connectivity index (χ3n) is 3.12. The van der Waals surface area contributed by atoms with Crippen LogP contribution in [0.5, 0.6) is 0 Å². The summed E-state index contributed by atoms with van der Waals surface area (Å²) in [7, 11) is 1.56. The van der Waals surface area contributed by atoms with Gasteiger partial charge in [0, 0.05) is 46.3 Å². The molecule has 0 saturated heterocycles. The van der Waals surface area contributed by atoms with Crippen LogP contribution in [0.3, 0.4) is 0 Å². The van der Waals surface area contributed by atoms with Gasteiger partial charge in [-0.1, -0.05) is 0 Å². The Kier molecular flexibility index (Phi) is 8.61. The third-order valence-corrected chi connectivity index (χ3v) is 4.45. The van der Waals surface area contributed by atoms with Crippen LogP contribution in [0.25, 0.3) is 0 Å². The average Bonchev–Trinajstić information content (AvgIpc) is 2.76. The van der Waals surface area contributed by atoms with E-state index >= 15 is 0 Å². The summed E-state index contributed by atoms with van der Waals surface area (Å²) >= 11 is 0. The molecule has 0 aromatic carbocycles. The van der Waals surface area contributed by atoms with Crippen LogP contribution in [0.15, 0.2) is 11.2 Å². The molecule has 1 aromatic rings. The quantitative estimate of drug-likeness (QED) is 0.656. The predicted octanol–water partition coefficient (Wildman–Crippen LogP) is -0.503. The number of nitrogens with zero attached hydrogens (tertiary/aromatic N) is 3. The molecule has 0 unspecified atom stereocenters. The topological polar surface area (TPSA) is 96.3 Å². The number of carbonyl (C=O) groups excluding carboxylic acids is 1. The molecule has 1 amide bonds. The number of nitrogens with one attached hydrogen (secondary N) is 2. The van der Waals surface area contributed by atoms with Gasteiger partial charge in [-0.25, -0.2) is 18.1 Å². The lowest BCUT2D eigenvalue weighted by Gasteiger charge is -2.16. The molecule has 0 saturated carbocycles. The highest BCUT2D eigenvalue weighted by molar-refractivity contribution is 7.89. The van der Waals surface area contributed by atoms with Gasteiger partial charge in [0.2, 0.25) is 5.91 Å². The van der Waals surface area contributed by atoms with Gasteiger partial charge in [-0.2, -0.15) is 0 Å². The van der Waals surface area contributed by atoms with E-state index in [4.69, 9.17) is 0 Å². The van der Waals surface area contributed by atoms with E-state index in [-0.39, 0.29) is 36.3 Å². The first-order chi connectivity index (χ1) is 9.77. The van der Waals surface area contributed by atoms with Crippen molar-refractivity contribution >= 4 is 28.3 Å². The Morgan fingerprint density at radius 2 is 2.05 bits per heavy atom. The summed E-state index contributed by atoms with van der Waals surface area (Å²) in [5.74, 6) is 0.503. The van der Waals surface area contributed by atoms with E-state index in [1.54, 1.807) is 37.5 Å². The second-order valence-electron chi connectivity index (χ2n) is 4.80. The second kappa shape index (κ2) is 9.09. The summed E-state index contributed by atoms with van der Waals surface area (Å²) in [6.07, 6.45) is 1.56. The monoisotopic (exact) mass is 353 g/mol. The lowest BCUT2D eigenvalue weighted by molar-refractivity contribution is -0.129. The van der Waals surface area contributed by atoms with Crippen molar-refractivity contribution in [2.75, 3.05) is 33.7 Å². The molecule has 2 N–H and O–H groups in total. The van der Waals surface area contributed by atoms with Crippen LogP contribution in [-0.2, 0) is 21.9 Å². The number of hydrogen-bond acceptors (Lipinski definition) is 5. The van der Waals surface area contributed by atoms with Crippen molar-refractivity contribution in [2.24, 2.45) is 7.05 Å². The summed E-state index contributed by atoms with van der Waals surface area (Å²) in [6.45, 7) is 3.06. The molecule has 10 heteroatoms. The summed E-state index contributed by atoms with van der Waals surface area (Å²) < 4.78 is 28.0. The minimum atomic E-state index is -3.67. The average molecular weight is 354 g/mol. The van der Waals surface area contributed by atoms with Crippen molar-refractivity contribution in [2.45, 2.75) is 18.4 Å². The van der Waals surface area contributed by atoms with E-state index in [2.05, 4.69) is 15.0 Å². The zero-order valence-electron chi connectivity index (χ0n) is 13.3. The summed E-state index contributed by atoms with van der Waals surface area (Å²) in [5, 5.41) is 2.92. The highest BCUT2D eigenvalue weighted by Gasteiger charge is 2.18. The number of hydrogen-bond donors (Lipinski definition) is 2. The van der Waals surface area contributed by atoms with Crippen molar-refractivity contribution in [1.29, 1.82) is 0 Å². The summed E-state index contributed by atoms with van der Waals surface area (Å²) in [6, 6.07) is 0. The Bertz CT molecular complexity index is 568. The molecule has 0 atom stereocenters. The molecule has 0 fully saturated rings. The number of amides is 1. The molecule has 0 spiro atoms. The van der Waals surface area contributed by atoms with Gasteiger partial charge in [0.05, 0.1) is 0 Å². The van der Waals surface area contributed by atoms with Gasteiger partial charge in [0.1, 0.15) is 5.82 Å². The molecule has 0 bridgehead atoms. The molecule has 0 aliphatic heterocycles. The Morgan fingerprint density at radius 1 is 1.41 bits per heavy atom. The maximum atomic E-state index is 12.0. The van der Waals surface area contributed by atoms with E-state index in [1.165, 1.54) is 6.20 Å². The molecule has 0 aliphatic carbocycles. The molecular weight excluding hydrogens is 330 g/mol. The number of carbonyl (C=O) groups is 1. The van der Waals surface area contributed by atoms with Crippen LogP contribution in [0.4, 0.5) is 0 Å². The molecule has 1 rings (SSSR count). The summed E-state index contributed by atoms with van der Waals surface area (Å²) in [5.41, 5.74) is 0. The first-order valence-electron chi connectivity index (χ1n) is 6.66. The number of rotatable bonds is 8. The predicted molar refractivity (Wildman–Crippen MR) is 86.6 cm³/mol. The Hall–Kier alpha value is -1.16. The zero-order valence-corrected chi connectivity index (χ0v) is 14.9. The normalized spacial score (nSPS) is 11.1. The minimum Gasteiger partial charge on any atom is -0.344 e. The van der Waals surface area contributed by atoms with Gasteiger partial charge in [0.15, 0.2) is 5.03 Å². The van der Waals surface area contributed by atoms with Crippen molar-refractivity contribution in [1.82, 2.24) is 24.5 Å². The van der Waals surface area contributed by atoms with Crippen LogP contribution in [0.1, 0.15) is 12.2 Å². The number of aromatic nitrogens is 2. The molecule has 0 aliphatic rings. The Balaban J connectivity index is 0.00000441. The van der Waals surface area contributed by atoms with Crippen LogP contribution in [0, 0.1) is 6.92 Å². The van der Waals surface area contributed by atoms with Crippen LogP contribution < -0.4 is 10.0 Å². The smallest absolute Gasteiger partial charge is 0.259 e. The van der Waals surface area contributed by atoms with Gasteiger partial charge in [-0.05, 0) is 14.0 Å². The number of likely N-dealkylation sites (N-methyl/N-ethyl adjacent to an activating group) is 2. The van der Waals surface area contributed by atoms with Gasteiger partial charge >= 0.3 is 0 Å². The summed E-state index contributed by atoms with van der Waals surface area (Å²) in [4.78, 5) is 17.3. The van der Waals surface area contributed by atoms with Crippen LogP contribution >= 0.6 is 12.4 Å². The fourth-order valence-electron chi connectivity index (χ4n) is 1.62. The van der Waals surface area contributed by atoms with Crippen molar-refractivity contribution in [3.63, 3.8) is 0 Å². The molecule has 128 valence electrons. The van der Waals surface area contributed by atoms with Crippen LogP contribution in [0.2, 0.25) is 0 Å². The molecule has 0 radical (unpaired) electrons. The first kappa shape index (κ1) is 20.8. The van der Waals surface area contributed by atoms with Gasteiger partial charge < -0.3 is 14.8 Å². The lowest BCUT2D eigenvalue weighted by Crippen LogP contribution is -2.35. The molecule has 1 heterocycles. The van der Waals surface area contributed by atoms with Crippen molar-refractivity contribution < 1.29 is 13.2 Å². The molecule has 22 heavy (non-hydrogen) atoms. The van der Waals surface area contributed by atoms with E-state index in [9.17, 15) is 13.2 Å². The highest BCUT2D eigenvalue weighted by atomic mass is 35.5. The highest BCUT2D eigenvalue weighted by Crippen LogP contribution is 2.07. The minimum absolute atomic E-state index is 0. The zero-order chi connectivity index (χ0) is 16.0. The largest absolute Gasteiger partial charge is 0.344 e. The van der Waals surface area contributed by atoms with E-state index in [1.807, 2.05) is 0 Å². The Labute approximate surface area is 137 Å². The standard InChI is InChI=1S/C12H23N5O3S.ClH/c1-10-15-11(9-17(10)4)21(19,20)14-6-5-12(18)16(3)8-7-13-2;/h9,13-14H,5-8H2,1-4H3;1H. The second-order valence-corrected chi connectivity index (χ2v) is 6.52. The van der Waals surface area contributed by atoms with Gasteiger partial charge in [-0.3, -0.25) is 4.79 Å². The number of halogens is 1. The number of aryl methyl sites for hydroxylation is 2. The lowest BCUT2D eigenvalue weighted by atomic mass is 10.3. The molecule has 1 aromatic heterocycles. The maximum Gasteiger partial charge on any atom is 0.259 e. The third kappa shape index (κ3) is 5.91. The van der Waals surface area contributed by atoms with E-state index < -0.39 is 10.0 Å². The maximum absolute atomic E-state index is 12.0. The number of sulfonamides is 1. The van der Waals surface area contributed by atoms with Crippen LogP contribution in [-0.4, -0.2) is 62.5 Å². The SMILES string of the molecule is CNCCN(C)C(=O)CCNS(=O)(=O)c1cn(C)c(C)n1.Cl. The van der Waals surface area contributed by atoms with Gasteiger partial charge in [0.25, 0.3) is 10.0 Å². The molecular formula is C12H24ClN5O3S. The number of imidazole rings is 1. The van der Waals surface area contributed by atoms with Crippen molar-refractivity contribution in [3.05, 3.63) is 12.0 Å². The van der Waals surface area contributed by atoms with E-state index in [0.29, 0.717) is 18.9 Å². The van der Waals surface area contributed by atoms with E-state index in [0.717, 1.165) is 0 Å². The fraction of sp³-hybridized carbons (Fsp3) is 0.667. The van der Waals surface area contributed by atoms with Gasteiger partial charge in [-0.15, -0.1) is 12.4 Å².